The van der Waals surface area contributed by atoms with Crippen LogP contribution in [0.25, 0.3) is 71.2 Å². The molecule has 1 aliphatic heterocycles. The number of hydrogen-bond acceptors (Lipinski definition) is 1. The van der Waals surface area contributed by atoms with Crippen LogP contribution in [0.4, 0.5) is 11.4 Å². The molecular formula is C42H26N3O+. The number of furan rings is 1. The van der Waals surface area contributed by atoms with Crippen molar-refractivity contribution in [1.82, 2.24) is 13.7 Å². The zero-order valence-electron chi connectivity index (χ0n) is 24.8. The summed E-state index contributed by atoms with van der Waals surface area (Å²) >= 11 is 0. The van der Waals surface area contributed by atoms with Crippen LogP contribution >= 0.6 is 0 Å². The maximum atomic E-state index is 6.59. The summed E-state index contributed by atoms with van der Waals surface area (Å²) in [5.74, 6) is 0. The summed E-state index contributed by atoms with van der Waals surface area (Å²) in [6, 6.07) is 45.9. The predicted octanol–water partition coefficient (Wildman–Crippen LogP) is 10.7. The van der Waals surface area contributed by atoms with Gasteiger partial charge >= 0.3 is 0 Å². The van der Waals surface area contributed by atoms with Gasteiger partial charge < -0.3 is 13.6 Å². The number of nitrogens with zero attached hydrogens (tertiary/aromatic N) is 3. The summed E-state index contributed by atoms with van der Waals surface area (Å²) in [7, 11) is 0. The van der Waals surface area contributed by atoms with Crippen molar-refractivity contribution in [2.75, 3.05) is 0 Å². The number of aromatic nitrogens is 2. The SMILES string of the molecule is C1=CC2=[N+](c3cccc4c3oc3ccccc34)c3cccc4c5cc6c7ccccc7n(-c7ccccc7)c6cc5n(c34)C2C=C1. The van der Waals surface area contributed by atoms with Crippen molar-refractivity contribution in [2.24, 2.45) is 0 Å². The third-order valence-corrected chi connectivity index (χ3v) is 9.99. The molecule has 9 aromatic rings. The number of hydrogen-bond donors (Lipinski definition) is 0. The molecule has 0 radical (unpaired) electrons. The number of para-hydroxylation sites is 5. The summed E-state index contributed by atoms with van der Waals surface area (Å²) in [5, 5.41) is 7.34. The van der Waals surface area contributed by atoms with Crippen molar-refractivity contribution in [3.63, 3.8) is 0 Å². The van der Waals surface area contributed by atoms with E-state index in [9.17, 15) is 0 Å². The molecular weight excluding hydrogens is 562 g/mol. The molecule has 0 saturated heterocycles. The lowest BCUT2D eigenvalue weighted by molar-refractivity contribution is 0.665. The fourth-order valence-electron chi connectivity index (χ4n) is 8.13. The Bertz CT molecular complexity index is 2860. The average Bonchev–Trinajstić information content (AvgIpc) is 3.77. The fourth-order valence-corrected chi connectivity index (χ4v) is 8.13. The third-order valence-electron chi connectivity index (χ3n) is 9.99. The van der Waals surface area contributed by atoms with E-state index in [-0.39, 0.29) is 6.04 Å². The van der Waals surface area contributed by atoms with E-state index in [4.69, 9.17) is 4.42 Å². The largest absolute Gasteiger partial charge is 0.449 e. The second-order valence-electron chi connectivity index (χ2n) is 12.3. The highest BCUT2D eigenvalue weighted by Crippen LogP contribution is 2.47. The lowest BCUT2D eigenvalue weighted by Gasteiger charge is -2.24. The highest BCUT2D eigenvalue weighted by atomic mass is 16.3. The van der Waals surface area contributed by atoms with Gasteiger partial charge in [-0.3, -0.25) is 0 Å². The van der Waals surface area contributed by atoms with Gasteiger partial charge in [-0.15, -0.1) is 0 Å². The lowest BCUT2D eigenvalue weighted by atomic mass is 10.0. The van der Waals surface area contributed by atoms with Crippen LogP contribution < -0.4 is 4.58 Å². The molecule has 1 unspecified atom stereocenters. The Hall–Kier alpha value is -6.13. The first-order chi connectivity index (χ1) is 22.8. The van der Waals surface area contributed by atoms with E-state index in [1.807, 2.05) is 6.07 Å². The first-order valence-corrected chi connectivity index (χ1v) is 15.8. The highest BCUT2D eigenvalue weighted by Gasteiger charge is 2.39. The standard InChI is InChI=1S/C42H26N3O/c1-2-12-26(13-3-1)43-33-18-6-4-14-27(33)31-24-32-29-16-10-21-36-41(29)45(39(32)25-38(31)43)35-20-8-7-19-34(35)44(36)37-22-11-17-30-28-15-5-9-23-40(28)46-42(30)37/h1-25,35H/q+1. The van der Waals surface area contributed by atoms with E-state index in [1.165, 1.54) is 55.0 Å². The Morgan fingerprint density at radius 3 is 2.20 bits per heavy atom. The topological polar surface area (TPSA) is 26.0 Å². The molecule has 2 aliphatic rings. The third kappa shape index (κ3) is 3.01. The molecule has 3 aromatic heterocycles. The Labute approximate surface area is 263 Å². The Kier molecular flexibility index (Phi) is 4.60. The quantitative estimate of drug-likeness (QED) is 0.185. The van der Waals surface area contributed by atoms with E-state index in [1.54, 1.807) is 0 Å². The van der Waals surface area contributed by atoms with Crippen molar-refractivity contribution in [1.29, 1.82) is 0 Å². The van der Waals surface area contributed by atoms with Crippen molar-refractivity contribution >= 4 is 82.6 Å². The molecule has 6 aromatic carbocycles. The molecule has 1 aliphatic carbocycles. The summed E-state index contributed by atoms with van der Waals surface area (Å²) in [6.07, 6.45) is 8.92. The van der Waals surface area contributed by atoms with Gasteiger partial charge in [0.1, 0.15) is 17.1 Å². The van der Waals surface area contributed by atoms with Crippen LogP contribution in [0, 0.1) is 0 Å². The number of benzene rings is 6. The molecule has 0 spiro atoms. The zero-order valence-corrected chi connectivity index (χ0v) is 24.8. The molecule has 4 heterocycles. The first-order valence-electron chi connectivity index (χ1n) is 15.8. The van der Waals surface area contributed by atoms with Crippen LogP contribution in [0.15, 0.2) is 156 Å². The molecule has 4 heteroatoms. The maximum absolute atomic E-state index is 6.59. The van der Waals surface area contributed by atoms with Crippen LogP contribution in [-0.2, 0) is 0 Å². The molecule has 1 atom stereocenters. The normalized spacial score (nSPS) is 15.8. The van der Waals surface area contributed by atoms with Gasteiger partial charge in [-0.05, 0) is 42.5 Å². The minimum absolute atomic E-state index is 0.0199. The van der Waals surface area contributed by atoms with E-state index in [0.29, 0.717) is 0 Å². The van der Waals surface area contributed by atoms with Gasteiger partial charge in [0.25, 0.3) is 5.69 Å². The minimum atomic E-state index is 0.0199. The van der Waals surface area contributed by atoms with Gasteiger partial charge in [-0.1, -0.05) is 91.0 Å². The van der Waals surface area contributed by atoms with Gasteiger partial charge in [0.05, 0.1) is 16.6 Å². The molecule has 0 N–H and O–H groups in total. The first kappa shape index (κ1) is 24.2. The summed E-state index contributed by atoms with van der Waals surface area (Å²) in [4.78, 5) is 0. The summed E-state index contributed by atoms with van der Waals surface area (Å²) in [5.41, 5.74) is 11.3. The molecule has 11 rings (SSSR count). The highest BCUT2D eigenvalue weighted by molar-refractivity contribution is 6.23. The van der Waals surface area contributed by atoms with Crippen LogP contribution in [0.5, 0.6) is 0 Å². The van der Waals surface area contributed by atoms with Crippen LogP contribution in [0.3, 0.4) is 0 Å². The Morgan fingerprint density at radius 1 is 0.543 bits per heavy atom. The van der Waals surface area contributed by atoms with E-state index in [2.05, 4.69) is 159 Å². The fraction of sp³-hybridized carbons (Fsp3) is 0.0238. The van der Waals surface area contributed by atoms with Crippen LogP contribution in [0.1, 0.15) is 6.04 Å². The number of fused-ring (bicyclic) bond motifs is 11. The van der Waals surface area contributed by atoms with E-state index >= 15 is 0 Å². The Morgan fingerprint density at radius 2 is 1.28 bits per heavy atom. The second-order valence-corrected chi connectivity index (χ2v) is 12.3. The zero-order chi connectivity index (χ0) is 29.9. The monoisotopic (exact) mass is 588 g/mol. The minimum Gasteiger partial charge on any atom is -0.449 e. The number of allylic oxidation sites excluding steroid dienone is 4. The second kappa shape index (κ2) is 8.74. The molecule has 0 bridgehead atoms. The number of rotatable bonds is 2. The van der Waals surface area contributed by atoms with Crippen molar-refractivity contribution in [3.8, 4) is 5.69 Å². The molecule has 0 fully saturated rings. The average molecular weight is 589 g/mol. The van der Waals surface area contributed by atoms with Gasteiger partial charge in [0.2, 0.25) is 17.0 Å². The van der Waals surface area contributed by atoms with Crippen molar-refractivity contribution < 1.29 is 4.42 Å². The smallest absolute Gasteiger partial charge is 0.255 e. The van der Waals surface area contributed by atoms with Gasteiger partial charge in [-0.2, -0.15) is 4.58 Å². The van der Waals surface area contributed by atoms with Gasteiger partial charge in [0.15, 0.2) is 0 Å². The molecule has 0 saturated carbocycles. The Balaban J connectivity index is 1.27. The van der Waals surface area contributed by atoms with Gasteiger partial charge in [0, 0.05) is 56.2 Å². The van der Waals surface area contributed by atoms with E-state index in [0.717, 1.165) is 33.3 Å². The van der Waals surface area contributed by atoms with Crippen LogP contribution in [0.2, 0.25) is 0 Å². The summed E-state index contributed by atoms with van der Waals surface area (Å²) in [6.45, 7) is 0. The molecule has 46 heavy (non-hydrogen) atoms. The molecule has 0 amide bonds. The maximum Gasteiger partial charge on any atom is 0.255 e. The van der Waals surface area contributed by atoms with Crippen molar-refractivity contribution in [3.05, 3.63) is 152 Å². The predicted molar refractivity (Wildman–Crippen MR) is 191 cm³/mol. The van der Waals surface area contributed by atoms with Crippen LogP contribution in [-0.4, -0.2) is 14.8 Å². The lowest BCUT2D eigenvalue weighted by Crippen LogP contribution is -2.30. The summed E-state index contributed by atoms with van der Waals surface area (Å²) < 4.78 is 14.0. The van der Waals surface area contributed by atoms with Gasteiger partial charge in [-0.25, -0.2) is 0 Å². The van der Waals surface area contributed by atoms with E-state index < -0.39 is 0 Å². The molecule has 4 nitrogen and oxygen atoms in total. The molecule has 214 valence electrons. The van der Waals surface area contributed by atoms with Crippen molar-refractivity contribution in [2.45, 2.75) is 6.04 Å².